The Labute approximate surface area is 181 Å². The largest absolute Gasteiger partial charge is 0.489 e. The Kier molecular flexibility index (Phi) is 6.43. The highest BCUT2D eigenvalue weighted by Gasteiger charge is 2.13. The van der Waals surface area contributed by atoms with Gasteiger partial charge < -0.3 is 9.72 Å². The van der Waals surface area contributed by atoms with E-state index in [-0.39, 0.29) is 12.3 Å². The molecular weight excluding hydrogens is 386 g/mol. The van der Waals surface area contributed by atoms with E-state index in [9.17, 15) is 4.79 Å². The Morgan fingerprint density at radius 1 is 1.00 bits per heavy atom. The van der Waals surface area contributed by atoms with Gasteiger partial charge in [0.05, 0.1) is 6.42 Å². The van der Waals surface area contributed by atoms with Gasteiger partial charge in [0.2, 0.25) is 5.91 Å². The predicted molar refractivity (Wildman–Crippen MR) is 124 cm³/mol. The van der Waals surface area contributed by atoms with E-state index in [1.807, 2.05) is 85.8 Å². The number of hydrogen-bond acceptors (Lipinski definition) is 3. The van der Waals surface area contributed by atoms with Crippen LogP contribution in [0.4, 0.5) is 0 Å². The summed E-state index contributed by atoms with van der Waals surface area (Å²) in [6, 6.07) is 26.0. The van der Waals surface area contributed by atoms with Crippen molar-refractivity contribution in [3.05, 3.63) is 101 Å². The molecule has 5 heteroatoms. The third-order valence-corrected chi connectivity index (χ3v) is 5.13. The number of H-pyrrole nitrogens is 1. The molecule has 4 aromatic rings. The van der Waals surface area contributed by atoms with Crippen molar-refractivity contribution >= 4 is 23.0 Å². The van der Waals surface area contributed by atoms with Crippen LogP contribution in [0.2, 0.25) is 0 Å². The lowest BCUT2D eigenvalue weighted by Gasteiger charge is -2.07. The van der Waals surface area contributed by atoms with Gasteiger partial charge in [-0.1, -0.05) is 60.7 Å². The molecule has 0 saturated heterocycles. The Bertz CT molecular complexity index is 1180. The van der Waals surface area contributed by atoms with Crippen LogP contribution in [0.25, 0.3) is 10.9 Å². The number of nitrogens with one attached hydrogen (secondary N) is 2. The number of benzene rings is 3. The predicted octanol–water partition coefficient (Wildman–Crippen LogP) is 4.94. The highest BCUT2D eigenvalue weighted by atomic mass is 16.5. The van der Waals surface area contributed by atoms with Crippen LogP contribution in [-0.4, -0.2) is 17.1 Å². The lowest BCUT2D eigenvalue weighted by molar-refractivity contribution is -0.120. The molecule has 1 amide bonds. The molecule has 3 aromatic carbocycles. The molecule has 4 rings (SSSR count). The number of carbonyl (C=O) groups is 1. The number of aromatic amines is 1. The van der Waals surface area contributed by atoms with E-state index in [1.165, 1.54) is 0 Å². The molecule has 2 N–H and O–H groups in total. The molecule has 1 heterocycles. The molecule has 0 spiro atoms. The fourth-order valence-corrected chi connectivity index (χ4v) is 3.50. The van der Waals surface area contributed by atoms with E-state index in [2.05, 4.69) is 15.5 Å². The summed E-state index contributed by atoms with van der Waals surface area (Å²) in [6.45, 7) is 2.48. The minimum atomic E-state index is -0.149. The molecule has 0 unspecified atom stereocenters. The van der Waals surface area contributed by atoms with E-state index in [1.54, 1.807) is 6.21 Å². The van der Waals surface area contributed by atoms with E-state index in [0.29, 0.717) is 13.0 Å². The van der Waals surface area contributed by atoms with Crippen LogP contribution in [0.5, 0.6) is 5.75 Å². The number of aryl methyl sites for hydroxylation is 1. The quantitative estimate of drug-likeness (QED) is 0.318. The van der Waals surface area contributed by atoms with Gasteiger partial charge in [0.1, 0.15) is 12.4 Å². The van der Waals surface area contributed by atoms with Gasteiger partial charge in [0.15, 0.2) is 0 Å². The molecule has 156 valence electrons. The normalized spacial score (nSPS) is 11.1. The average molecular weight is 412 g/mol. The maximum absolute atomic E-state index is 12.4. The number of aromatic nitrogens is 1. The standard InChI is InChI=1S/C26H25N3O2/c1-19-23(17-26(30)29-27-15-14-20-8-4-2-5-9-20)24-16-22(12-13-25(24)28-19)31-18-21-10-6-3-7-11-21/h2-13,15-16,28H,14,17-18H2,1H3,(H,29,30). The van der Waals surface area contributed by atoms with Crippen molar-refractivity contribution in [3.8, 4) is 5.75 Å². The van der Waals surface area contributed by atoms with Crippen molar-refractivity contribution in [2.24, 2.45) is 5.10 Å². The number of rotatable bonds is 8. The Morgan fingerprint density at radius 3 is 2.45 bits per heavy atom. The van der Waals surface area contributed by atoms with Gasteiger partial charge in [0.25, 0.3) is 0 Å². The van der Waals surface area contributed by atoms with Crippen LogP contribution in [-0.2, 0) is 24.2 Å². The molecule has 5 nitrogen and oxygen atoms in total. The average Bonchev–Trinajstić information content (AvgIpc) is 3.11. The van der Waals surface area contributed by atoms with Gasteiger partial charge >= 0.3 is 0 Å². The monoisotopic (exact) mass is 411 g/mol. The first-order valence-electron chi connectivity index (χ1n) is 10.3. The van der Waals surface area contributed by atoms with E-state index in [0.717, 1.165) is 39.0 Å². The zero-order chi connectivity index (χ0) is 21.5. The lowest BCUT2D eigenvalue weighted by atomic mass is 10.1. The summed E-state index contributed by atoms with van der Waals surface area (Å²) in [5, 5.41) is 5.07. The van der Waals surface area contributed by atoms with Gasteiger partial charge in [-0.3, -0.25) is 4.79 Å². The smallest absolute Gasteiger partial charge is 0.244 e. The zero-order valence-electron chi connectivity index (χ0n) is 17.5. The summed E-state index contributed by atoms with van der Waals surface area (Å²) < 4.78 is 5.95. The van der Waals surface area contributed by atoms with Crippen LogP contribution in [0.15, 0.2) is 84.0 Å². The number of nitrogens with zero attached hydrogens (tertiary/aromatic N) is 1. The van der Waals surface area contributed by atoms with Crippen LogP contribution in [0.1, 0.15) is 22.4 Å². The number of carbonyl (C=O) groups excluding carboxylic acids is 1. The van der Waals surface area contributed by atoms with Crippen LogP contribution >= 0.6 is 0 Å². The first-order chi connectivity index (χ1) is 15.2. The first-order valence-corrected chi connectivity index (χ1v) is 10.3. The summed E-state index contributed by atoms with van der Waals surface area (Å²) >= 11 is 0. The molecule has 0 fully saturated rings. The van der Waals surface area contributed by atoms with Gasteiger partial charge in [-0.25, -0.2) is 5.43 Å². The van der Waals surface area contributed by atoms with Gasteiger partial charge in [0, 0.05) is 29.2 Å². The Balaban J connectivity index is 1.40. The summed E-state index contributed by atoms with van der Waals surface area (Å²) in [6.07, 6.45) is 2.64. The second-order valence-corrected chi connectivity index (χ2v) is 7.42. The third-order valence-electron chi connectivity index (χ3n) is 5.13. The molecule has 0 aliphatic heterocycles. The zero-order valence-corrected chi connectivity index (χ0v) is 17.5. The van der Waals surface area contributed by atoms with Crippen LogP contribution < -0.4 is 10.2 Å². The van der Waals surface area contributed by atoms with Gasteiger partial charge in [-0.2, -0.15) is 5.10 Å². The van der Waals surface area contributed by atoms with Crippen LogP contribution in [0.3, 0.4) is 0 Å². The number of hydrogen-bond donors (Lipinski definition) is 2. The first kappa shape index (κ1) is 20.4. The highest BCUT2D eigenvalue weighted by molar-refractivity contribution is 5.91. The molecule has 1 aromatic heterocycles. The molecule has 0 saturated carbocycles. The van der Waals surface area contributed by atoms with Gasteiger partial charge in [-0.15, -0.1) is 0 Å². The SMILES string of the molecule is Cc1[nH]c2ccc(OCc3ccccc3)cc2c1CC(=O)NN=CCc1ccccc1. The minimum Gasteiger partial charge on any atom is -0.489 e. The van der Waals surface area contributed by atoms with E-state index in [4.69, 9.17) is 4.74 Å². The summed E-state index contributed by atoms with van der Waals surface area (Å²) in [5.41, 5.74) is 7.80. The fourth-order valence-electron chi connectivity index (χ4n) is 3.50. The summed E-state index contributed by atoms with van der Waals surface area (Å²) in [4.78, 5) is 15.8. The van der Waals surface area contributed by atoms with Crippen molar-refractivity contribution in [1.29, 1.82) is 0 Å². The molecule has 0 bridgehead atoms. The molecule has 0 radical (unpaired) electrons. The van der Waals surface area contributed by atoms with Crippen molar-refractivity contribution in [3.63, 3.8) is 0 Å². The minimum absolute atomic E-state index is 0.149. The molecule has 0 aliphatic carbocycles. The summed E-state index contributed by atoms with van der Waals surface area (Å²) in [5.74, 6) is 0.627. The Morgan fingerprint density at radius 2 is 1.71 bits per heavy atom. The highest BCUT2D eigenvalue weighted by Crippen LogP contribution is 2.27. The molecular formula is C26H25N3O2. The molecule has 31 heavy (non-hydrogen) atoms. The van der Waals surface area contributed by atoms with Gasteiger partial charge in [-0.05, 0) is 41.8 Å². The lowest BCUT2D eigenvalue weighted by Crippen LogP contribution is -2.20. The molecule has 0 atom stereocenters. The van der Waals surface area contributed by atoms with Crippen molar-refractivity contribution < 1.29 is 9.53 Å². The Hall–Kier alpha value is -3.86. The summed E-state index contributed by atoms with van der Waals surface area (Å²) in [7, 11) is 0. The van der Waals surface area contributed by atoms with E-state index < -0.39 is 0 Å². The van der Waals surface area contributed by atoms with E-state index >= 15 is 0 Å². The number of fused-ring (bicyclic) bond motifs is 1. The second-order valence-electron chi connectivity index (χ2n) is 7.42. The molecule has 0 aliphatic rings. The topological polar surface area (TPSA) is 66.5 Å². The number of ether oxygens (including phenoxy) is 1. The van der Waals surface area contributed by atoms with Crippen molar-refractivity contribution in [2.45, 2.75) is 26.4 Å². The van der Waals surface area contributed by atoms with Crippen LogP contribution in [0, 0.1) is 6.92 Å². The number of amides is 1. The maximum atomic E-state index is 12.4. The third kappa shape index (κ3) is 5.39. The van der Waals surface area contributed by atoms with Crippen molar-refractivity contribution in [2.75, 3.05) is 0 Å². The van der Waals surface area contributed by atoms with Crippen molar-refractivity contribution in [1.82, 2.24) is 10.4 Å². The second kappa shape index (κ2) is 9.76. The fraction of sp³-hybridized carbons (Fsp3) is 0.154. The maximum Gasteiger partial charge on any atom is 0.244 e. The number of hydrazone groups is 1.